The Morgan fingerprint density at radius 1 is 1.27 bits per heavy atom. The van der Waals surface area contributed by atoms with Gasteiger partial charge in [-0.2, -0.15) is 0 Å². The second-order valence-electron chi connectivity index (χ2n) is 1.47. The first-order chi connectivity index (χ1) is 5.43. The molecular formula is C9H12N2. The summed E-state index contributed by atoms with van der Waals surface area (Å²) in [4.78, 5) is 7.77. The van der Waals surface area contributed by atoms with Gasteiger partial charge in [0, 0.05) is 12.4 Å². The van der Waals surface area contributed by atoms with Gasteiger partial charge in [-0.05, 0) is 12.8 Å². The average Bonchev–Trinajstić information content (AvgIpc) is 2.11. The van der Waals surface area contributed by atoms with Gasteiger partial charge in [-0.1, -0.05) is 19.8 Å². The lowest BCUT2D eigenvalue weighted by molar-refractivity contribution is 1.17. The molecule has 1 rings (SSSR count). The van der Waals surface area contributed by atoms with Crippen LogP contribution in [0.25, 0.3) is 0 Å². The van der Waals surface area contributed by atoms with Gasteiger partial charge in [-0.15, -0.1) is 0 Å². The molecule has 0 spiro atoms. The first kappa shape index (κ1) is 9.64. The van der Waals surface area contributed by atoms with Crippen molar-refractivity contribution in [2.45, 2.75) is 20.8 Å². The van der Waals surface area contributed by atoms with E-state index in [-0.39, 0.29) is 0 Å². The molecule has 11 heavy (non-hydrogen) atoms. The molecule has 0 fully saturated rings. The van der Waals surface area contributed by atoms with Crippen LogP contribution in [0.1, 0.15) is 26.5 Å². The number of nitrogens with zero attached hydrogens (tertiary/aromatic N) is 2. The Kier molecular flexibility index (Phi) is 5.92. The normalized spacial score (nSPS) is 6.82. The van der Waals surface area contributed by atoms with E-state index in [0.717, 1.165) is 5.69 Å². The predicted octanol–water partition coefficient (Wildman–Crippen LogP) is 1.87. The Balaban J connectivity index is 0.000000461. The van der Waals surface area contributed by atoms with Gasteiger partial charge in [0.15, 0.2) is 0 Å². The Morgan fingerprint density at radius 3 is 2.45 bits per heavy atom. The summed E-state index contributed by atoms with van der Waals surface area (Å²) in [6, 6.07) is 0. The van der Waals surface area contributed by atoms with Crippen molar-refractivity contribution in [3.05, 3.63) is 24.3 Å². The molecule has 0 aliphatic rings. The minimum atomic E-state index is 0.722. The monoisotopic (exact) mass is 148 g/mol. The third kappa shape index (κ3) is 4.10. The highest BCUT2D eigenvalue weighted by Crippen LogP contribution is 1.83. The smallest absolute Gasteiger partial charge is 0.131 e. The molecule has 1 heterocycles. The minimum absolute atomic E-state index is 0.722. The van der Waals surface area contributed by atoms with Crippen LogP contribution < -0.4 is 0 Å². The molecule has 0 unspecified atom stereocenters. The standard InChI is InChI=1S/C7H6N2.C2H6/c1-2-3-7-6-8-4-5-9-7;1-2/h4-6H,1H3;1-2H3. The Bertz CT molecular complexity index is 231. The van der Waals surface area contributed by atoms with Crippen LogP contribution in [-0.4, -0.2) is 9.97 Å². The summed E-state index contributed by atoms with van der Waals surface area (Å²) in [5.41, 5.74) is 0.722. The van der Waals surface area contributed by atoms with Crippen molar-refractivity contribution in [3.8, 4) is 11.8 Å². The van der Waals surface area contributed by atoms with E-state index < -0.39 is 0 Å². The van der Waals surface area contributed by atoms with Crippen LogP contribution in [0.4, 0.5) is 0 Å². The summed E-state index contributed by atoms with van der Waals surface area (Å²) in [6.07, 6.45) is 4.89. The van der Waals surface area contributed by atoms with Crippen LogP contribution in [0.3, 0.4) is 0 Å². The van der Waals surface area contributed by atoms with E-state index in [2.05, 4.69) is 21.8 Å². The zero-order valence-corrected chi connectivity index (χ0v) is 7.13. The average molecular weight is 148 g/mol. The van der Waals surface area contributed by atoms with Crippen molar-refractivity contribution in [2.24, 2.45) is 0 Å². The van der Waals surface area contributed by atoms with Crippen LogP contribution in [0.2, 0.25) is 0 Å². The summed E-state index contributed by atoms with van der Waals surface area (Å²) in [5, 5.41) is 0. The molecule has 0 radical (unpaired) electrons. The van der Waals surface area contributed by atoms with E-state index in [1.807, 2.05) is 13.8 Å². The lowest BCUT2D eigenvalue weighted by Gasteiger charge is -1.82. The van der Waals surface area contributed by atoms with E-state index in [9.17, 15) is 0 Å². The van der Waals surface area contributed by atoms with Crippen LogP contribution >= 0.6 is 0 Å². The number of hydrogen-bond donors (Lipinski definition) is 0. The van der Waals surface area contributed by atoms with E-state index in [1.54, 1.807) is 25.5 Å². The molecule has 0 aliphatic carbocycles. The highest BCUT2D eigenvalue weighted by Gasteiger charge is 1.80. The fourth-order valence-electron chi connectivity index (χ4n) is 0.492. The van der Waals surface area contributed by atoms with Crippen molar-refractivity contribution in [1.82, 2.24) is 9.97 Å². The highest BCUT2D eigenvalue weighted by molar-refractivity contribution is 5.22. The molecule has 2 heteroatoms. The van der Waals surface area contributed by atoms with Gasteiger partial charge in [0.1, 0.15) is 5.69 Å². The van der Waals surface area contributed by atoms with E-state index in [0.29, 0.717) is 0 Å². The van der Waals surface area contributed by atoms with Gasteiger partial charge in [0.25, 0.3) is 0 Å². The summed E-state index contributed by atoms with van der Waals surface area (Å²) < 4.78 is 0. The molecule has 0 atom stereocenters. The Hall–Kier alpha value is -1.36. The van der Waals surface area contributed by atoms with E-state index >= 15 is 0 Å². The molecule has 0 aliphatic heterocycles. The molecule has 0 saturated carbocycles. The van der Waals surface area contributed by atoms with Crippen molar-refractivity contribution >= 4 is 0 Å². The topological polar surface area (TPSA) is 25.8 Å². The van der Waals surface area contributed by atoms with Crippen LogP contribution in [-0.2, 0) is 0 Å². The SMILES string of the molecule is CC.CC#Cc1cnccn1. The van der Waals surface area contributed by atoms with E-state index in [4.69, 9.17) is 0 Å². The molecule has 0 aromatic carbocycles. The maximum atomic E-state index is 3.93. The summed E-state index contributed by atoms with van der Waals surface area (Å²) in [6.45, 7) is 5.77. The molecule has 58 valence electrons. The molecule has 0 saturated heterocycles. The summed E-state index contributed by atoms with van der Waals surface area (Å²) in [7, 11) is 0. The van der Waals surface area contributed by atoms with Gasteiger partial charge < -0.3 is 0 Å². The first-order valence-electron chi connectivity index (χ1n) is 3.62. The first-order valence-corrected chi connectivity index (χ1v) is 3.62. The van der Waals surface area contributed by atoms with Gasteiger partial charge in [-0.3, -0.25) is 4.98 Å². The van der Waals surface area contributed by atoms with Crippen LogP contribution in [0, 0.1) is 11.8 Å². The van der Waals surface area contributed by atoms with Crippen LogP contribution in [0.15, 0.2) is 18.6 Å². The van der Waals surface area contributed by atoms with Crippen LogP contribution in [0.5, 0.6) is 0 Å². The maximum Gasteiger partial charge on any atom is 0.131 e. The lowest BCUT2D eigenvalue weighted by atomic mass is 10.4. The molecular weight excluding hydrogens is 136 g/mol. The summed E-state index contributed by atoms with van der Waals surface area (Å²) >= 11 is 0. The second kappa shape index (κ2) is 6.76. The fourth-order valence-corrected chi connectivity index (χ4v) is 0.492. The van der Waals surface area contributed by atoms with E-state index in [1.165, 1.54) is 0 Å². The minimum Gasteiger partial charge on any atom is -0.260 e. The lowest BCUT2D eigenvalue weighted by Crippen LogP contribution is -1.80. The van der Waals surface area contributed by atoms with Gasteiger partial charge in [0.05, 0.1) is 6.20 Å². The van der Waals surface area contributed by atoms with Crippen molar-refractivity contribution in [1.29, 1.82) is 0 Å². The van der Waals surface area contributed by atoms with Gasteiger partial charge in [-0.25, -0.2) is 4.98 Å². The molecule has 0 amide bonds. The molecule has 1 aromatic heterocycles. The second-order valence-corrected chi connectivity index (χ2v) is 1.47. The third-order valence-electron chi connectivity index (χ3n) is 0.816. The van der Waals surface area contributed by atoms with Crippen molar-refractivity contribution < 1.29 is 0 Å². The number of aromatic nitrogens is 2. The number of hydrogen-bond acceptors (Lipinski definition) is 2. The molecule has 1 aromatic rings. The van der Waals surface area contributed by atoms with Gasteiger partial charge >= 0.3 is 0 Å². The largest absolute Gasteiger partial charge is 0.260 e. The molecule has 0 bridgehead atoms. The van der Waals surface area contributed by atoms with Gasteiger partial charge in [0.2, 0.25) is 0 Å². The Labute approximate surface area is 67.7 Å². The molecule has 0 N–H and O–H groups in total. The quantitative estimate of drug-likeness (QED) is 0.525. The maximum absolute atomic E-state index is 3.93. The molecule has 2 nitrogen and oxygen atoms in total. The number of rotatable bonds is 0. The highest BCUT2D eigenvalue weighted by atomic mass is 14.7. The third-order valence-corrected chi connectivity index (χ3v) is 0.816. The van der Waals surface area contributed by atoms with Crippen molar-refractivity contribution in [3.63, 3.8) is 0 Å². The fraction of sp³-hybridized carbons (Fsp3) is 0.333. The van der Waals surface area contributed by atoms with Crippen molar-refractivity contribution in [2.75, 3.05) is 0 Å². The predicted molar refractivity (Wildman–Crippen MR) is 45.9 cm³/mol. The Morgan fingerprint density at radius 2 is 2.00 bits per heavy atom. The summed E-state index contributed by atoms with van der Waals surface area (Å²) in [5.74, 6) is 5.52. The zero-order chi connectivity index (χ0) is 8.53. The zero-order valence-electron chi connectivity index (χ0n) is 7.13.